The zero-order valence-electron chi connectivity index (χ0n) is 10.9. The molecule has 1 saturated heterocycles. The van der Waals surface area contributed by atoms with Gasteiger partial charge in [0.25, 0.3) is 5.91 Å². The van der Waals surface area contributed by atoms with Gasteiger partial charge in [0.1, 0.15) is 0 Å². The molecule has 2 nitrogen and oxygen atoms in total. The second-order valence-corrected chi connectivity index (χ2v) is 5.44. The van der Waals surface area contributed by atoms with Crippen LogP contribution in [0, 0.1) is 5.41 Å². The fourth-order valence-corrected chi connectivity index (χ4v) is 2.63. The van der Waals surface area contributed by atoms with Gasteiger partial charge in [0.15, 0.2) is 5.41 Å². The molecular weight excluding hydrogens is 336 g/mol. The van der Waals surface area contributed by atoms with Crippen molar-refractivity contribution < 1.29 is 31.1 Å². The Bertz CT molecular complexity index is 569. The van der Waals surface area contributed by atoms with Crippen LogP contribution in [0.2, 0.25) is 5.02 Å². The molecule has 0 unspecified atom stereocenters. The molecule has 0 spiro atoms. The van der Waals surface area contributed by atoms with E-state index in [1.807, 2.05) is 0 Å². The molecule has 1 aromatic rings. The Morgan fingerprint density at radius 1 is 1.09 bits per heavy atom. The van der Waals surface area contributed by atoms with Gasteiger partial charge >= 0.3 is 12.4 Å². The topological polar surface area (TPSA) is 20.3 Å². The number of amides is 1. The number of benzene rings is 1. The first-order chi connectivity index (χ1) is 9.99. The predicted molar refractivity (Wildman–Crippen MR) is 66.5 cm³/mol. The van der Waals surface area contributed by atoms with Crippen molar-refractivity contribution >= 4 is 17.5 Å². The monoisotopic (exact) mass is 345 g/mol. The van der Waals surface area contributed by atoms with E-state index in [1.165, 1.54) is 24.3 Å². The van der Waals surface area contributed by atoms with Crippen molar-refractivity contribution in [1.82, 2.24) is 4.90 Å². The maximum Gasteiger partial charge on any atom is 0.404 e. The van der Waals surface area contributed by atoms with E-state index in [4.69, 9.17) is 11.6 Å². The smallest absolute Gasteiger partial charge is 0.337 e. The maximum absolute atomic E-state index is 12.9. The zero-order chi connectivity index (χ0) is 16.8. The highest BCUT2D eigenvalue weighted by molar-refractivity contribution is 6.33. The van der Waals surface area contributed by atoms with E-state index in [-0.39, 0.29) is 10.6 Å². The van der Waals surface area contributed by atoms with Gasteiger partial charge in [-0.2, -0.15) is 26.3 Å². The number of hydrogen-bond acceptors (Lipinski definition) is 1. The van der Waals surface area contributed by atoms with E-state index in [1.54, 1.807) is 0 Å². The number of carbonyl (C=O) groups is 1. The second kappa shape index (κ2) is 5.33. The van der Waals surface area contributed by atoms with E-state index < -0.39 is 43.2 Å². The average molecular weight is 346 g/mol. The first kappa shape index (κ1) is 16.9. The molecule has 0 bridgehead atoms. The summed E-state index contributed by atoms with van der Waals surface area (Å²) < 4.78 is 77.7. The van der Waals surface area contributed by atoms with Gasteiger partial charge in [-0.3, -0.25) is 4.79 Å². The van der Waals surface area contributed by atoms with Gasteiger partial charge in [-0.05, 0) is 18.6 Å². The van der Waals surface area contributed by atoms with Crippen molar-refractivity contribution in [2.75, 3.05) is 13.1 Å². The summed E-state index contributed by atoms with van der Waals surface area (Å²) in [5, 5.41) is -0.0241. The molecule has 0 N–H and O–H groups in total. The maximum atomic E-state index is 12.9. The lowest BCUT2D eigenvalue weighted by Gasteiger charge is -2.33. The van der Waals surface area contributed by atoms with Crippen LogP contribution in [0.25, 0.3) is 0 Å². The lowest BCUT2D eigenvalue weighted by Crippen LogP contribution is -2.52. The first-order valence-electron chi connectivity index (χ1n) is 6.17. The molecule has 1 aromatic carbocycles. The zero-order valence-corrected chi connectivity index (χ0v) is 11.7. The van der Waals surface area contributed by atoms with E-state index >= 15 is 0 Å². The molecule has 1 aliphatic heterocycles. The van der Waals surface area contributed by atoms with Crippen molar-refractivity contribution in [2.45, 2.75) is 18.8 Å². The van der Waals surface area contributed by atoms with Gasteiger partial charge in [-0.1, -0.05) is 23.7 Å². The Morgan fingerprint density at radius 2 is 1.64 bits per heavy atom. The highest BCUT2D eigenvalue weighted by Crippen LogP contribution is 2.55. The number of rotatable bonds is 1. The summed E-state index contributed by atoms with van der Waals surface area (Å²) in [4.78, 5) is 12.7. The molecule has 0 aromatic heterocycles. The molecule has 0 saturated carbocycles. The Kier molecular flexibility index (Phi) is 4.10. The molecule has 0 radical (unpaired) electrons. The standard InChI is InChI=1S/C13H10ClF6NO/c14-9-4-2-1-3-8(9)10(22)21-6-5-11(7-21,12(15,16)17)13(18,19)20/h1-4H,5-7H2. The summed E-state index contributed by atoms with van der Waals surface area (Å²) in [6, 6.07) is 5.52. The molecular formula is C13H10ClF6NO. The summed E-state index contributed by atoms with van der Waals surface area (Å²) >= 11 is 5.76. The number of carbonyl (C=O) groups excluding carboxylic acids is 1. The number of likely N-dealkylation sites (tertiary alicyclic amines) is 1. The SMILES string of the molecule is O=C(c1ccccc1Cl)N1CCC(C(F)(F)F)(C(F)(F)F)C1. The Hall–Kier alpha value is -1.44. The van der Waals surface area contributed by atoms with Crippen LogP contribution >= 0.6 is 11.6 Å². The van der Waals surface area contributed by atoms with E-state index in [0.29, 0.717) is 4.90 Å². The van der Waals surface area contributed by atoms with Crippen molar-refractivity contribution in [3.05, 3.63) is 34.9 Å². The van der Waals surface area contributed by atoms with Crippen molar-refractivity contribution in [3.63, 3.8) is 0 Å². The number of halogens is 7. The number of nitrogens with zero attached hydrogens (tertiary/aromatic N) is 1. The van der Waals surface area contributed by atoms with Crippen LogP contribution in [-0.2, 0) is 0 Å². The largest absolute Gasteiger partial charge is 0.404 e. The number of alkyl halides is 6. The summed E-state index contributed by atoms with van der Waals surface area (Å²) in [6.07, 6.45) is -12.2. The third-order valence-electron chi connectivity index (χ3n) is 3.75. The molecule has 1 aliphatic rings. The van der Waals surface area contributed by atoms with E-state index in [2.05, 4.69) is 0 Å². The molecule has 1 fully saturated rings. The van der Waals surface area contributed by atoms with Crippen LogP contribution in [0.1, 0.15) is 16.8 Å². The summed E-state index contributed by atoms with van der Waals surface area (Å²) in [5.74, 6) is -0.944. The van der Waals surface area contributed by atoms with Crippen LogP contribution in [0.15, 0.2) is 24.3 Å². The molecule has 0 aliphatic carbocycles. The highest BCUT2D eigenvalue weighted by atomic mass is 35.5. The van der Waals surface area contributed by atoms with Gasteiger partial charge in [0.2, 0.25) is 0 Å². The molecule has 1 heterocycles. The quantitative estimate of drug-likeness (QED) is 0.695. The van der Waals surface area contributed by atoms with Crippen LogP contribution < -0.4 is 0 Å². The lowest BCUT2D eigenvalue weighted by molar-refractivity contribution is -0.334. The van der Waals surface area contributed by atoms with Gasteiger partial charge in [-0.25, -0.2) is 0 Å². The number of hydrogen-bond donors (Lipinski definition) is 0. The molecule has 9 heteroatoms. The predicted octanol–water partition coefficient (Wildman–Crippen LogP) is 4.30. The molecule has 2 rings (SSSR count). The summed E-state index contributed by atoms with van der Waals surface area (Å²) in [6.45, 7) is -2.09. The van der Waals surface area contributed by atoms with Crippen LogP contribution in [0.5, 0.6) is 0 Å². The van der Waals surface area contributed by atoms with Gasteiger partial charge in [0.05, 0.1) is 10.6 Å². The second-order valence-electron chi connectivity index (χ2n) is 5.03. The van der Waals surface area contributed by atoms with Crippen molar-refractivity contribution in [3.8, 4) is 0 Å². The molecule has 0 atom stereocenters. The van der Waals surface area contributed by atoms with E-state index in [0.717, 1.165) is 0 Å². The third-order valence-corrected chi connectivity index (χ3v) is 4.08. The Labute approximate surface area is 126 Å². The van der Waals surface area contributed by atoms with Crippen LogP contribution in [0.4, 0.5) is 26.3 Å². The molecule has 1 amide bonds. The van der Waals surface area contributed by atoms with Gasteiger partial charge in [-0.15, -0.1) is 0 Å². The van der Waals surface area contributed by atoms with E-state index in [9.17, 15) is 31.1 Å². The highest BCUT2D eigenvalue weighted by Gasteiger charge is 2.72. The normalized spacial score (nSPS) is 18.6. The first-order valence-corrected chi connectivity index (χ1v) is 6.55. The summed E-state index contributed by atoms with van der Waals surface area (Å²) in [5.41, 5.74) is -4.01. The molecule has 22 heavy (non-hydrogen) atoms. The van der Waals surface area contributed by atoms with Crippen molar-refractivity contribution in [1.29, 1.82) is 0 Å². The average Bonchev–Trinajstić information content (AvgIpc) is 2.84. The van der Waals surface area contributed by atoms with Crippen LogP contribution in [0.3, 0.4) is 0 Å². The molecule has 122 valence electrons. The van der Waals surface area contributed by atoms with Crippen molar-refractivity contribution in [2.24, 2.45) is 5.41 Å². The Morgan fingerprint density at radius 3 is 2.09 bits per heavy atom. The lowest BCUT2D eigenvalue weighted by atomic mass is 9.85. The summed E-state index contributed by atoms with van der Waals surface area (Å²) in [7, 11) is 0. The Balaban J connectivity index is 2.32. The minimum atomic E-state index is -5.49. The fraction of sp³-hybridized carbons (Fsp3) is 0.462. The van der Waals surface area contributed by atoms with Gasteiger partial charge < -0.3 is 4.90 Å². The third kappa shape index (κ3) is 2.64. The van der Waals surface area contributed by atoms with Crippen LogP contribution in [-0.4, -0.2) is 36.2 Å². The van der Waals surface area contributed by atoms with Gasteiger partial charge in [0, 0.05) is 13.1 Å². The minimum Gasteiger partial charge on any atom is -0.337 e. The minimum absolute atomic E-state index is 0.0241. The fourth-order valence-electron chi connectivity index (χ4n) is 2.41.